The lowest BCUT2D eigenvalue weighted by atomic mass is 10.1. The van der Waals surface area contributed by atoms with Crippen molar-refractivity contribution in [2.45, 2.75) is 13.5 Å². The number of fused-ring (bicyclic) bond motifs is 1. The van der Waals surface area contributed by atoms with Gasteiger partial charge in [-0.1, -0.05) is 43.3 Å². The molecule has 2 amide bonds. The number of para-hydroxylation sites is 2. The Balaban J connectivity index is 0.000000215. The lowest BCUT2D eigenvalue weighted by Gasteiger charge is -2.30. The molecule has 43 heavy (non-hydrogen) atoms. The lowest BCUT2D eigenvalue weighted by molar-refractivity contribution is 0.0645. The maximum absolute atomic E-state index is 12.8. The van der Waals surface area contributed by atoms with Crippen molar-refractivity contribution >= 4 is 17.5 Å². The Morgan fingerprint density at radius 2 is 1.79 bits per heavy atom. The number of aliphatic hydroxyl groups excluding tert-OH is 1. The van der Waals surface area contributed by atoms with Gasteiger partial charge in [-0.15, -0.1) is 0 Å². The Kier molecular flexibility index (Phi) is 11.2. The highest BCUT2D eigenvalue weighted by Crippen LogP contribution is 2.32. The second kappa shape index (κ2) is 15.4. The van der Waals surface area contributed by atoms with Gasteiger partial charge < -0.3 is 29.7 Å². The molecule has 0 spiro atoms. The molecule has 2 N–H and O–H groups in total. The Morgan fingerprint density at radius 3 is 2.47 bits per heavy atom. The van der Waals surface area contributed by atoms with Crippen molar-refractivity contribution in [3.8, 4) is 17.2 Å². The fraction of sp³-hybridized carbons (Fsp3) is 0.273. The van der Waals surface area contributed by atoms with Gasteiger partial charge in [-0.2, -0.15) is 0 Å². The molecule has 1 aromatic heterocycles. The first kappa shape index (κ1) is 31.1. The van der Waals surface area contributed by atoms with Crippen molar-refractivity contribution in [3.63, 3.8) is 0 Å². The number of amides is 2. The van der Waals surface area contributed by atoms with Crippen molar-refractivity contribution in [1.29, 1.82) is 0 Å². The summed E-state index contributed by atoms with van der Waals surface area (Å²) in [5, 5.41) is 12.0. The zero-order chi connectivity index (χ0) is 30.6. The molecule has 0 bridgehead atoms. The summed E-state index contributed by atoms with van der Waals surface area (Å²) in [5.41, 5.74) is 2.19. The van der Waals surface area contributed by atoms with Gasteiger partial charge in [0.1, 0.15) is 17.2 Å². The second-order valence-electron chi connectivity index (χ2n) is 10.4. The van der Waals surface area contributed by atoms with Crippen LogP contribution in [-0.2, 0) is 6.54 Å². The average Bonchev–Trinajstić information content (AvgIpc) is 3.01. The minimum absolute atomic E-state index is 0.0856. The minimum Gasteiger partial charge on any atom is -0.490 e. The third-order valence-electron chi connectivity index (χ3n) is 6.39. The van der Waals surface area contributed by atoms with Crippen molar-refractivity contribution in [3.05, 3.63) is 108 Å². The van der Waals surface area contributed by atoms with Crippen LogP contribution >= 0.6 is 0 Å². The lowest BCUT2D eigenvalue weighted by Crippen LogP contribution is -2.40. The topological polar surface area (TPSA) is 117 Å². The van der Waals surface area contributed by atoms with Crippen molar-refractivity contribution in [2.75, 3.05) is 45.7 Å². The number of aromatic nitrogens is 2. The summed E-state index contributed by atoms with van der Waals surface area (Å²) in [4.78, 5) is 36.8. The molecule has 3 aromatic carbocycles. The van der Waals surface area contributed by atoms with E-state index in [1.165, 1.54) is 24.2 Å². The number of carbonyl (C=O) groups is 2. The molecular weight excluding hydrogens is 546 g/mol. The molecule has 1 atom stereocenters. The molecule has 0 saturated heterocycles. The molecule has 10 heteroatoms. The van der Waals surface area contributed by atoms with Crippen molar-refractivity contribution in [2.24, 2.45) is 5.92 Å². The maximum Gasteiger partial charge on any atom is 0.275 e. The fourth-order valence-electron chi connectivity index (χ4n) is 4.44. The van der Waals surface area contributed by atoms with Gasteiger partial charge in [-0.3, -0.25) is 14.6 Å². The molecule has 224 valence electrons. The van der Waals surface area contributed by atoms with Crippen LogP contribution in [0.3, 0.4) is 0 Å². The number of nitrogens with zero attached hydrogens (tertiary/aromatic N) is 4. The Morgan fingerprint density at radius 1 is 1.05 bits per heavy atom. The molecule has 0 radical (unpaired) electrons. The zero-order valence-electron chi connectivity index (χ0n) is 24.6. The Labute approximate surface area is 251 Å². The molecular formula is C33H37N5O5. The number of carbonyl (C=O) groups excluding carboxylic acids is 2. The first-order valence-corrected chi connectivity index (χ1v) is 14.0. The highest BCUT2D eigenvalue weighted by molar-refractivity contribution is 6.06. The molecule has 1 aliphatic rings. The van der Waals surface area contributed by atoms with Crippen LogP contribution in [0.1, 0.15) is 33.3 Å². The first-order valence-electron chi connectivity index (χ1n) is 14.0. The summed E-state index contributed by atoms with van der Waals surface area (Å²) in [7, 11) is 4.13. The van der Waals surface area contributed by atoms with E-state index in [9.17, 15) is 14.7 Å². The standard InChI is InChI=1S/C18H20N4O4.C15H17NO/c1-12-10-22(7-8-23)18(25)13-3-2-4-14(16(13)26-11-12)21-17(24)15-9-19-5-6-20-15;1-16(2)12-13-8-10-15(11-9-13)17-14-6-4-3-5-7-14/h2-6,9,12,23H,7-8,10-11H2,1H3,(H,21,24);3-11H,12H2,1-2H3. The number of hydrogen-bond acceptors (Lipinski definition) is 8. The zero-order valence-corrected chi connectivity index (χ0v) is 24.6. The molecule has 4 aromatic rings. The summed E-state index contributed by atoms with van der Waals surface area (Å²) in [6.07, 6.45) is 4.27. The minimum atomic E-state index is -0.440. The molecule has 1 unspecified atom stereocenters. The van der Waals surface area contributed by atoms with Gasteiger partial charge in [0.15, 0.2) is 5.75 Å². The Bertz CT molecular complexity index is 1470. The normalized spacial score (nSPS) is 14.4. The third kappa shape index (κ3) is 9.09. The van der Waals surface area contributed by atoms with Gasteiger partial charge >= 0.3 is 0 Å². The average molecular weight is 584 g/mol. The van der Waals surface area contributed by atoms with Crippen LogP contribution in [0.4, 0.5) is 5.69 Å². The highest BCUT2D eigenvalue weighted by atomic mass is 16.5. The van der Waals surface area contributed by atoms with Crippen molar-refractivity contribution in [1.82, 2.24) is 19.8 Å². The smallest absolute Gasteiger partial charge is 0.275 e. The molecule has 1 aliphatic heterocycles. The van der Waals surface area contributed by atoms with Crippen LogP contribution in [0.25, 0.3) is 0 Å². The molecule has 0 fully saturated rings. The van der Waals surface area contributed by atoms with E-state index in [4.69, 9.17) is 9.47 Å². The van der Waals surface area contributed by atoms with E-state index in [0.29, 0.717) is 30.2 Å². The maximum atomic E-state index is 12.8. The summed E-state index contributed by atoms with van der Waals surface area (Å²) in [6.45, 7) is 3.93. The van der Waals surface area contributed by atoms with E-state index in [-0.39, 0.29) is 30.7 Å². The number of benzene rings is 3. The van der Waals surface area contributed by atoms with E-state index in [1.807, 2.05) is 49.4 Å². The van der Waals surface area contributed by atoms with Gasteiger partial charge in [-0.05, 0) is 56.1 Å². The van der Waals surface area contributed by atoms with Gasteiger partial charge in [-0.25, -0.2) is 4.98 Å². The van der Waals surface area contributed by atoms with E-state index in [0.717, 1.165) is 18.0 Å². The monoisotopic (exact) mass is 583 g/mol. The van der Waals surface area contributed by atoms with Gasteiger partial charge in [0, 0.05) is 37.9 Å². The van der Waals surface area contributed by atoms with E-state index in [2.05, 4.69) is 46.4 Å². The highest BCUT2D eigenvalue weighted by Gasteiger charge is 2.27. The number of ether oxygens (including phenoxy) is 2. The summed E-state index contributed by atoms with van der Waals surface area (Å²) in [5.74, 6) is 1.47. The molecule has 0 aliphatic carbocycles. The summed E-state index contributed by atoms with van der Waals surface area (Å²) >= 11 is 0. The quantitative estimate of drug-likeness (QED) is 0.306. The van der Waals surface area contributed by atoms with Crippen LogP contribution in [0.5, 0.6) is 17.2 Å². The first-order chi connectivity index (χ1) is 20.8. The van der Waals surface area contributed by atoms with Gasteiger partial charge in [0.2, 0.25) is 0 Å². The summed E-state index contributed by atoms with van der Waals surface area (Å²) in [6, 6.07) is 23.0. The number of β-amino-alcohol motifs (C(OH)–C–C–N with tert-alkyl or cyclic N) is 1. The van der Waals surface area contributed by atoms with Crippen LogP contribution in [-0.4, -0.2) is 77.1 Å². The Hall–Kier alpha value is -4.80. The molecule has 10 nitrogen and oxygen atoms in total. The summed E-state index contributed by atoms with van der Waals surface area (Å²) < 4.78 is 11.6. The molecule has 2 heterocycles. The van der Waals surface area contributed by atoms with Crippen molar-refractivity contribution < 1.29 is 24.2 Å². The van der Waals surface area contributed by atoms with Crippen LogP contribution in [0.15, 0.2) is 91.4 Å². The van der Waals surface area contributed by atoms with E-state index >= 15 is 0 Å². The fourth-order valence-corrected chi connectivity index (χ4v) is 4.44. The number of nitrogens with one attached hydrogen (secondary N) is 1. The third-order valence-corrected chi connectivity index (χ3v) is 6.39. The number of rotatable bonds is 8. The van der Waals surface area contributed by atoms with Crippen LogP contribution in [0.2, 0.25) is 0 Å². The second-order valence-corrected chi connectivity index (χ2v) is 10.4. The predicted octanol–water partition coefficient (Wildman–Crippen LogP) is 4.73. The number of hydrogen-bond donors (Lipinski definition) is 2. The van der Waals surface area contributed by atoms with Gasteiger partial charge in [0.25, 0.3) is 11.8 Å². The van der Waals surface area contributed by atoms with Crippen LogP contribution in [0, 0.1) is 5.92 Å². The SMILES string of the molecule is CC1COc2c(NC(=O)c3cnccn3)cccc2C(=O)N(CCO)C1.CN(C)Cc1ccc(Oc2ccccc2)cc1. The number of aliphatic hydroxyl groups is 1. The largest absolute Gasteiger partial charge is 0.490 e. The van der Waals surface area contributed by atoms with E-state index in [1.54, 1.807) is 23.1 Å². The molecule has 5 rings (SSSR count). The molecule has 0 saturated carbocycles. The van der Waals surface area contributed by atoms with Crippen LogP contribution < -0.4 is 14.8 Å². The predicted molar refractivity (Wildman–Crippen MR) is 164 cm³/mol. The van der Waals surface area contributed by atoms with E-state index < -0.39 is 5.91 Å². The number of anilines is 1. The van der Waals surface area contributed by atoms with Gasteiger partial charge in [0.05, 0.1) is 30.7 Å².